The zero-order valence-corrected chi connectivity index (χ0v) is 15.5. The summed E-state index contributed by atoms with van der Waals surface area (Å²) >= 11 is 0. The fraction of sp³-hybridized carbons (Fsp3) is 0.350. The fourth-order valence-electron chi connectivity index (χ4n) is 2.71. The average molecular weight is 355 g/mol. The number of nitrogens with zero attached hydrogens (tertiary/aromatic N) is 2. The zero-order valence-electron chi connectivity index (χ0n) is 15.5. The van der Waals surface area contributed by atoms with Crippen LogP contribution in [0.25, 0.3) is 0 Å². The maximum absolute atomic E-state index is 12.6. The van der Waals surface area contributed by atoms with Crippen LogP contribution in [0.2, 0.25) is 0 Å². The van der Waals surface area contributed by atoms with Gasteiger partial charge in [0.15, 0.2) is 0 Å². The topological polar surface area (TPSA) is 71.5 Å². The Morgan fingerprint density at radius 3 is 2.46 bits per heavy atom. The lowest BCUT2D eigenvalue weighted by atomic mass is 10.1. The summed E-state index contributed by atoms with van der Waals surface area (Å²) in [4.78, 5) is 30.9. The number of pyridine rings is 1. The Labute approximate surface area is 154 Å². The van der Waals surface area contributed by atoms with Crippen molar-refractivity contribution in [1.82, 2.24) is 4.98 Å². The predicted octanol–water partition coefficient (Wildman–Crippen LogP) is 3.75. The van der Waals surface area contributed by atoms with E-state index in [1.807, 2.05) is 6.07 Å². The van der Waals surface area contributed by atoms with Gasteiger partial charge in [0.25, 0.3) is 5.91 Å². The SMILES string of the molecule is CCCN(CCC)c1cncc(C(=O)Nc2ccccc2C(=O)OC)c1. The van der Waals surface area contributed by atoms with Crippen molar-refractivity contribution in [1.29, 1.82) is 0 Å². The first kappa shape index (κ1) is 19.4. The summed E-state index contributed by atoms with van der Waals surface area (Å²) in [7, 11) is 1.31. The van der Waals surface area contributed by atoms with Crippen molar-refractivity contribution in [2.24, 2.45) is 0 Å². The van der Waals surface area contributed by atoms with Crippen LogP contribution >= 0.6 is 0 Å². The van der Waals surface area contributed by atoms with Gasteiger partial charge in [-0.25, -0.2) is 4.79 Å². The van der Waals surface area contributed by atoms with Crippen LogP contribution in [0.3, 0.4) is 0 Å². The van der Waals surface area contributed by atoms with Crippen molar-refractivity contribution in [3.63, 3.8) is 0 Å². The van der Waals surface area contributed by atoms with Crippen LogP contribution in [0, 0.1) is 0 Å². The number of anilines is 2. The summed E-state index contributed by atoms with van der Waals surface area (Å²) in [5.41, 5.74) is 2.08. The highest BCUT2D eigenvalue weighted by Crippen LogP contribution is 2.19. The smallest absolute Gasteiger partial charge is 0.339 e. The molecule has 6 nitrogen and oxygen atoms in total. The van der Waals surface area contributed by atoms with Crippen molar-refractivity contribution in [3.05, 3.63) is 53.9 Å². The number of nitrogens with one attached hydrogen (secondary N) is 1. The molecule has 6 heteroatoms. The van der Waals surface area contributed by atoms with Crippen molar-refractivity contribution < 1.29 is 14.3 Å². The van der Waals surface area contributed by atoms with E-state index in [1.165, 1.54) is 13.3 Å². The molecule has 0 unspecified atom stereocenters. The summed E-state index contributed by atoms with van der Waals surface area (Å²) in [5, 5.41) is 2.77. The van der Waals surface area contributed by atoms with Crippen LogP contribution in [0.5, 0.6) is 0 Å². The number of carbonyl (C=O) groups is 2. The molecule has 0 saturated heterocycles. The van der Waals surface area contributed by atoms with E-state index in [0.717, 1.165) is 31.6 Å². The van der Waals surface area contributed by atoms with Gasteiger partial charge in [-0.2, -0.15) is 0 Å². The number of amides is 1. The molecule has 0 atom stereocenters. The molecule has 1 aromatic heterocycles. The van der Waals surface area contributed by atoms with Gasteiger partial charge in [-0.05, 0) is 31.0 Å². The Morgan fingerprint density at radius 2 is 1.81 bits per heavy atom. The molecule has 0 radical (unpaired) electrons. The van der Waals surface area contributed by atoms with Crippen molar-refractivity contribution in [2.75, 3.05) is 30.4 Å². The van der Waals surface area contributed by atoms with Gasteiger partial charge in [-0.15, -0.1) is 0 Å². The molecule has 2 rings (SSSR count). The standard InChI is InChI=1S/C20H25N3O3/c1-4-10-23(11-5-2)16-12-15(13-21-14-16)19(24)22-18-9-7-6-8-17(18)20(25)26-3/h6-9,12-14H,4-5,10-11H2,1-3H3,(H,22,24). The van der Waals surface area contributed by atoms with Gasteiger partial charge in [-0.1, -0.05) is 26.0 Å². The van der Waals surface area contributed by atoms with E-state index in [2.05, 4.69) is 29.0 Å². The summed E-state index contributed by atoms with van der Waals surface area (Å²) in [6.45, 7) is 6.06. The van der Waals surface area contributed by atoms with Crippen molar-refractivity contribution >= 4 is 23.3 Å². The lowest BCUT2D eigenvalue weighted by molar-refractivity contribution is 0.0602. The molecule has 0 spiro atoms. The Bertz CT molecular complexity index is 755. The quantitative estimate of drug-likeness (QED) is 0.730. The van der Waals surface area contributed by atoms with Crippen LogP contribution in [0.15, 0.2) is 42.7 Å². The minimum absolute atomic E-state index is 0.311. The molecule has 0 bridgehead atoms. The van der Waals surface area contributed by atoms with Crippen LogP contribution in [-0.4, -0.2) is 37.1 Å². The van der Waals surface area contributed by atoms with E-state index < -0.39 is 5.97 Å². The molecular formula is C20H25N3O3. The first-order valence-electron chi connectivity index (χ1n) is 8.79. The monoisotopic (exact) mass is 355 g/mol. The minimum Gasteiger partial charge on any atom is -0.465 e. The highest BCUT2D eigenvalue weighted by molar-refractivity contribution is 6.08. The number of rotatable bonds is 8. The van der Waals surface area contributed by atoms with E-state index >= 15 is 0 Å². The summed E-state index contributed by atoms with van der Waals surface area (Å²) in [6, 6.07) is 8.58. The number of esters is 1. The lowest BCUT2D eigenvalue weighted by Crippen LogP contribution is -2.25. The van der Waals surface area contributed by atoms with Gasteiger partial charge in [0.05, 0.1) is 35.8 Å². The van der Waals surface area contributed by atoms with Crippen LogP contribution in [-0.2, 0) is 4.74 Å². The molecule has 0 aliphatic carbocycles. The van der Waals surface area contributed by atoms with Crippen molar-refractivity contribution in [2.45, 2.75) is 26.7 Å². The van der Waals surface area contributed by atoms with E-state index in [4.69, 9.17) is 4.74 Å². The molecule has 138 valence electrons. The third-order valence-electron chi connectivity index (χ3n) is 3.92. The number of hydrogen-bond acceptors (Lipinski definition) is 5. The number of aromatic nitrogens is 1. The molecule has 0 aliphatic rings. The molecule has 0 aliphatic heterocycles. The van der Waals surface area contributed by atoms with Crippen molar-refractivity contribution in [3.8, 4) is 0 Å². The number of ether oxygens (including phenoxy) is 1. The predicted molar refractivity (Wildman–Crippen MR) is 103 cm³/mol. The number of para-hydroxylation sites is 1. The molecule has 1 amide bonds. The minimum atomic E-state index is -0.496. The van der Waals surface area contributed by atoms with Crippen LogP contribution < -0.4 is 10.2 Å². The first-order valence-corrected chi connectivity index (χ1v) is 8.79. The summed E-state index contributed by atoms with van der Waals surface area (Å²) in [5.74, 6) is -0.812. The zero-order chi connectivity index (χ0) is 18.9. The first-order chi connectivity index (χ1) is 12.6. The molecule has 2 aromatic rings. The number of hydrogen-bond donors (Lipinski definition) is 1. The maximum Gasteiger partial charge on any atom is 0.339 e. The molecule has 1 N–H and O–H groups in total. The largest absolute Gasteiger partial charge is 0.465 e. The second-order valence-electron chi connectivity index (χ2n) is 5.91. The highest BCUT2D eigenvalue weighted by atomic mass is 16.5. The van der Waals surface area contributed by atoms with Crippen LogP contribution in [0.1, 0.15) is 47.4 Å². The highest BCUT2D eigenvalue weighted by Gasteiger charge is 2.15. The Kier molecular flexibility index (Phi) is 7.14. The third-order valence-corrected chi connectivity index (χ3v) is 3.92. The van der Waals surface area contributed by atoms with Gasteiger partial charge in [-0.3, -0.25) is 9.78 Å². The molecular weight excluding hydrogens is 330 g/mol. The molecule has 1 heterocycles. The molecule has 26 heavy (non-hydrogen) atoms. The van der Waals surface area contributed by atoms with E-state index in [1.54, 1.807) is 30.5 Å². The van der Waals surface area contributed by atoms with E-state index in [9.17, 15) is 9.59 Å². The van der Waals surface area contributed by atoms with Gasteiger partial charge in [0.1, 0.15) is 0 Å². The Hall–Kier alpha value is -2.89. The fourth-order valence-corrected chi connectivity index (χ4v) is 2.71. The Morgan fingerprint density at radius 1 is 1.12 bits per heavy atom. The number of benzene rings is 1. The van der Waals surface area contributed by atoms with E-state index in [-0.39, 0.29) is 5.91 Å². The maximum atomic E-state index is 12.6. The average Bonchev–Trinajstić information content (AvgIpc) is 2.67. The molecule has 0 saturated carbocycles. The third kappa shape index (κ3) is 4.81. The van der Waals surface area contributed by atoms with Crippen LogP contribution in [0.4, 0.5) is 11.4 Å². The number of carbonyl (C=O) groups excluding carboxylic acids is 2. The normalized spacial score (nSPS) is 10.3. The Balaban J connectivity index is 2.23. The molecule has 0 fully saturated rings. The summed E-state index contributed by atoms with van der Waals surface area (Å²) < 4.78 is 4.76. The van der Waals surface area contributed by atoms with Gasteiger partial charge < -0.3 is 15.0 Å². The van der Waals surface area contributed by atoms with E-state index in [0.29, 0.717) is 16.8 Å². The second kappa shape index (κ2) is 9.56. The second-order valence-corrected chi connectivity index (χ2v) is 5.91. The number of methoxy groups -OCH3 is 1. The van der Waals surface area contributed by atoms with Gasteiger partial charge in [0.2, 0.25) is 0 Å². The van der Waals surface area contributed by atoms with Gasteiger partial charge >= 0.3 is 5.97 Å². The van der Waals surface area contributed by atoms with Gasteiger partial charge in [0, 0.05) is 19.3 Å². The molecule has 1 aromatic carbocycles. The summed E-state index contributed by atoms with van der Waals surface area (Å²) in [6.07, 6.45) is 5.33. The lowest BCUT2D eigenvalue weighted by Gasteiger charge is -2.23.